The zero-order chi connectivity index (χ0) is 15.9. The molecular formula is C13H17NO6S. The first-order chi connectivity index (χ1) is 9.89. The molecule has 0 aliphatic rings. The van der Waals surface area contributed by atoms with Crippen molar-refractivity contribution >= 4 is 22.0 Å². The van der Waals surface area contributed by atoms with Gasteiger partial charge in [-0.2, -0.15) is 4.72 Å². The van der Waals surface area contributed by atoms with Crippen molar-refractivity contribution in [3.05, 3.63) is 29.8 Å². The summed E-state index contributed by atoms with van der Waals surface area (Å²) in [5, 5.41) is 0. The average molecular weight is 315 g/mol. The van der Waals surface area contributed by atoms with E-state index in [0.29, 0.717) is 5.56 Å². The lowest BCUT2D eigenvalue weighted by atomic mass is 10.2. The van der Waals surface area contributed by atoms with E-state index in [1.807, 2.05) is 0 Å². The van der Waals surface area contributed by atoms with E-state index in [4.69, 9.17) is 0 Å². The molecule has 0 unspecified atom stereocenters. The van der Waals surface area contributed by atoms with Gasteiger partial charge in [0.2, 0.25) is 10.0 Å². The second kappa shape index (κ2) is 7.75. The Morgan fingerprint density at radius 1 is 1.14 bits per heavy atom. The monoisotopic (exact) mass is 315 g/mol. The summed E-state index contributed by atoms with van der Waals surface area (Å²) >= 11 is 0. The summed E-state index contributed by atoms with van der Waals surface area (Å²) in [6.07, 6.45) is 0.0626. The van der Waals surface area contributed by atoms with Crippen molar-refractivity contribution in [3.63, 3.8) is 0 Å². The number of carbonyl (C=O) groups excluding carboxylic acids is 2. The maximum Gasteiger partial charge on any atom is 0.321 e. The van der Waals surface area contributed by atoms with E-state index < -0.39 is 28.5 Å². The van der Waals surface area contributed by atoms with Gasteiger partial charge in [0.1, 0.15) is 6.54 Å². The molecule has 0 amide bonds. The van der Waals surface area contributed by atoms with Crippen molar-refractivity contribution in [2.45, 2.75) is 18.2 Å². The van der Waals surface area contributed by atoms with Gasteiger partial charge in [0.25, 0.3) is 0 Å². The number of hydrogen-bond acceptors (Lipinski definition) is 6. The average Bonchev–Trinajstić information content (AvgIpc) is 2.46. The van der Waals surface area contributed by atoms with Gasteiger partial charge in [0.05, 0.1) is 25.0 Å². The highest BCUT2D eigenvalue weighted by Gasteiger charge is 2.16. The normalized spacial score (nSPS) is 11.0. The van der Waals surface area contributed by atoms with Gasteiger partial charge in [0.15, 0.2) is 0 Å². The molecule has 0 saturated carbocycles. The molecule has 7 nitrogen and oxygen atoms in total. The van der Waals surface area contributed by atoms with E-state index in [2.05, 4.69) is 14.2 Å². The van der Waals surface area contributed by atoms with Crippen LogP contribution in [0.25, 0.3) is 0 Å². The molecule has 0 aromatic heterocycles. The van der Waals surface area contributed by atoms with E-state index in [1.54, 1.807) is 6.92 Å². The van der Waals surface area contributed by atoms with E-state index >= 15 is 0 Å². The summed E-state index contributed by atoms with van der Waals surface area (Å²) in [6.45, 7) is 1.38. The Morgan fingerprint density at radius 2 is 1.76 bits per heavy atom. The van der Waals surface area contributed by atoms with Gasteiger partial charge in [0, 0.05) is 0 Å². The Morgan fingerprint density at radius 3 is 2.29 bits per heavy atom. The number of esters is 2. The second-order valence-corrected chi connectivity index (χ2v) is 5.79. The van der Waals surface area contributed by atoms with Crippen molar-refractivity contribution in [1.29, 1.82) is 0 Å². The number of sulfonamides is 1. The lowest BCUT2D eigenvalue weighted by Gasteiger charge is -2.07. The largest absolute Gasteiger partial charge is 0.469 e. The number of ether oxygens (including phenoxy) is 2. The number of nitrogens with one attached hydrogen (secondary N) is 1. The zero-order valence-electron chi connectivity index (χ0n) is 11.8. The Balaban J connectivity index is 2.71. The topological polar surface area (TPSA) is 98.8 Å². The van der Waals surface area contributed by atoms with E-state index in [0.717, 1.165) is 0 Å². The Hall–Kier alpha value is -1.93. The first kappa shape index (κ1) is 17.1. The van der Waals surface area contributed by atoms with Gasteiger partial charge in [-0.3, -0.25) is 9.59 Å². The van der Waals surface area contributed by atoms with Gasteiger partial charge in [-0.05, 0) is 24.6 Å². The van der Waals surface area contributed by atoms with Gasteiger partial charge in [-0.25, -0.2) is 8.42 Å². The predicted octanol–water partition coefficient (Wildman–Crippen LogP) is 0.243. The molecule has 1 N–H and O–H groups in total. The second-order valence-electron chi connectivity index (χ2n) is 4.03. The van der Waals surface area contributed by atoms with Gasteiger partial charge >= 0.3 is 11.9 Å². The van der Waals surface area contributed by atoms with E-state index in [9.17, 15) is 18.0 Å². The summed E-state index contributed by atoms with van der Waals surface area (Å²) in [4.78, 5) is 22.2. The van der Waals surface area contributed by atoms with Crippen molar-refractivity contribution in [2.24, 2.45) is 0 Å². The maximum atomic E-state index is 11.9. The van der Waals surface area contributed by atoms with Crippen LogP contribution in [0.2, 0.25) is 0 Å². The van der Waals surface area contributed by atoms with Gasteiger partial charge in [-0.1, -0.05) is 12.1 Å². The molecule has 0 radical (unpaired) electrons. The van der Waals surface area contributed by atoms with Crippen LogP contribution in [0, 0.1) is 0 Å². The first-order valence-electron chi connectivity index (χ1n) is 6.20. The fourth-order valence-corrected chi connectivity index (χ4v) is 2.44. The molecular weight excluding hydrogens is 298 g/mol. The summed E-state index contributed by atoms with van der Waals surface area (Å²) in [5.74, 6) is -1.06. The van der Waals surface area contributed by atoms with Crippen LogP contribution in [0.3, 0.4) is 0 Å². The predicted molar refractivity (Wildman–Crippen MR) is 74.0 cm³/mol. The number of hydrogen-bond donors (Lipinski definition) is 1. The minimum absolute atomic E-state index is 0.000384. The molecule has 21 heavy (non-hydrogen) atoms. The Bertz CT molecular complexity index is 594. The van der Waals surface area contributed by atoms with Crippen LogP contribution in [0.15, 0.2) is 29.2 Å². The number of rotatable bonds is 7. The molecule has 0 aliphatic carbocycles. The molecule has 0 heterocycles. The van der Waals surface area contributed by atoms with Crippen molar-refractivity contribution in [3.8, 4) is 0 Å². The number of carbonyl (C=O) groups is 2. The lowest BCUT2D eigenvalue weighted by Crippen LogP contribution is -2.30. The lowest BCUT2D eigenvalue weighted by molar-refractivity contribution is -0.142. The fraction of sp³-hybridized carbons (Fsp3) is 0.385. The summed E-state index contributed by atoms with van der Waals surface area (Å²) in [5.41, 5.74) is 0.631. The summed E-state index contributed by atoms with van der Waals surface area (Å²) < 4.78 is 35.1. The SMILES string of the molecule is CCOC(=O)CNS(=O)(=O)c1ccc(CC(=O)OC)cc1. The molecule has 0 saturated heterocycles. The molecule has 0 fully saturated rings. The number of benzene rings is 1. The molecule has 0 aliphatic heterocycles. The molecule has 116 valence electrons. The molecule has 0 spiro atoms. The smallest absolute Gasteiger partial charge is 0.321 e. The third-order valence-electron chi connectivity index (χ3n) is 2.52. The van der Waals surface area contributed by atoms with Crippen molar-refractivity contribution < 1.29 is 27.5 Å². The van der Waals surface area contributed by atoms with Crippen molar-refractivity contribution in [1.82, 2.24) is 4.72 Å². The van der Waals surface area contributed by atoms with Gasteiger partial charge < -0.3 is 9.47 Å². The molecule has 0 atom stereocenters. The van der Waals surface area contributed by atoms with Crippen LogP contribution in [0.5, 0.6) is 0 Å². The quantitative estimate of drug-likeness (QED) is 0.724. The minimum atomic E-state index is -3.79. The third kappa shape index (κ3) is 5.52. The summed E-state index contributed by atoms with van der Waals surface area (Å²) in [6, 6.07) is 5.73. The van der Waals surface area contributed by atoms with Crippen LogP contribution < -0.4 is 4.72 Å². The number of methoxy groups -OCH3 is 1. The molecule has 0 bridgehead atoms. The van der Waals surface area contributed by atoms with E-state index in [1.165, 1.54) is 31.4 Å². The highest BCUT2D eigenvalue weighted by atomic mass is 32.2. The molecule has 1 aromatic rings. The molecule has 8 heteroatoms. The van der Waals surface area contributed by atoms with Crippen LogP contribution >= 0.6 is 0 Å². The zero-order valence-corrected chi connectivity index (χ0v) is 12.6. The summed E-state index contributed by atoms with van der Waals surface area (Å²) in [7, 11) is -2.51. The Kier molecular flexibility index (Phi) is 6.32. The third-order valence-corrected chi connectivity index (χ3v) is 3.94. The molecule has 1 aromatic carbocycles. The molecule has 1 rings (SSSR count). The van der Waals surface area contributed by atoms with Crippen LogP contribution in [-0.4, -0.2) is 40.6 Å². The standard InChI is InChI=1S/C13H17NO6S/c1-3-20-13(16)9-14-21(17,18)11-6-4-10(5-7-11)8-12(15)19-2/h4-7,14H,3,8-9H2,1-2H3. The fourth-order valence-electron chi connectivity index (χ4n) is 1.47. The van der Waals surface area contributed by atoms with Crippen LogP contribution in [0.4, 0.5) is 0 Å². The first-order valence-corrected chi connectivity index (χ1v) is 7.68. The highest BCUT2D eigenvalue weighted by molar-refractivity contribution is 7.89. The highest BCUT2D eigenvalue weighted by Crippen LogP contribution is 2.11. The Labute approximate surface area is 123 Å². The van der Waals surface area contributed by atoms with Gasteiger partial charge in [-0.15, -0.1) is 0 Å². The van der Waals surface area contributed by atoms with E-state index in [-0.39, 0.29) is 17.9 Å². The minimum Gasteiger partial charge on any atom is -0.469 e. The van der Waals surface area contributed by atoms with Crippen LogP contribution in [-0.2, 0) is 35.5 Å². The van der Waals surface area contributed by atoms with Crippen LogP contribution in [0.1, 0.15) is 12.5 Å². The maximum absolute atomic E-state index is 11.9. The van der Waals surface area contributed by atoms with Crippen molar-refractivity contribution in [2.75, 3.05) is 20.3 Å².